The standard InChI is InChI=1S/C12H21ClN2O2/c1-8(17-4)5-6-10(16)7-11-9(2)14-15(3)12(11)13/h8,10,16H,5-7H2,1-4H3. The third-order valence-corrected chi connectivity index (χ3v) is 3.49. The van der Waals surface area contributed by atoms with Gasteiger partial charge in [0, 0.05) is 26.1 Å². The molecule has 1 rings (SSSR count). The summed E-state index contributed by atoms with van der Waals surface area (Å²) >= 11 is 6.11. The fourth-order valence-electron chi connectivity index (χ4n) is 1.79. The summed E-state index contributed by atoms with van der Waals surface area (Å²) in [6.07, 6.45) is 1.88. The number of halogens is 1. The van der Waals surface area contributed by atoms with Crippen LogP contribution in [0.2, 0.25) is 5.15 Å². The Morgan fingerprint density at radius 3 is 2.59 bits per heavy atom. The van der Waals surface area contributed by atoms with E-state index < -0.39 is 6.10 Å². The molecule has 1 aromatic rings. The maximum atomic E-state index is 9.95. The fraction of sp³-hybridized carbons (Fsp3) is 0.750. The molecule has 0 radical (unpaired) electrons. The molecule has 4 nitrogen and oxygen atoms in total. The van der Waals surface area contributed by atoms with Gasteiger partial charge in [-0.15, -0.1) is 0 Å². The van der Waals surface area contributed by atoms with Crippen LogP contribution in [0.4, 0.5) is 0 Å². The molecule has 2 unspecified atom stereocenters. The first-order chi connectivity index (χ1) is 7.95. The van der Waals surface area contributed by atoms with E-state index in [1.807, 2.05) is 13.8 Å². The maximum absolute atomic E-state index is 9.95. The molecular formula is C12H21ClN2O2. The van der Waals surface area contributed by atoms with Crippen LogP contribution in [0.3, 0.4) is 0 Å². The molecule has 0 aromatic carbocycles. The lowest BCUT2D eigenvalue weighted by Crippen LogP contribution is -2.15. The second kappa shape index (κ2) is 6.38. The monoisotopic (exact) mass is 260 g/mol. The van der Waals surface area contributed by atoms with Crippen LogP contribution in [0.25, 0.3) is 0 Å². The van der Waals surface area contributed by atoms with E-state index in [-0.39, 0.29) is 6.10 Å². The van der Waals surface area contributed by atoms with Crippen LogP contribution in [0.15, 0.2) is 0 Å². The SMILES string of the molecule is COC(C)CCC(O)Cc1c(C)nn(C)c1Cl. The summed E-state index contributed by atoms with van der Waals surface area (Å²) in [5, 5.41) is 14.8. The van der Waals surface area contributed by atoms with Crippen LogP contribution in [-0.2, 0) is 18.2 Å². The van der Waals surface area contributed by atoms with Gasteiger partial charge in [0.1, 0.15) is 5.15 Å². The topological polar surface area (TPSA) is 47.3 Å². The summed E-state index contributed by atoms with van der Waals surface area (Å²) in [4.78, 5) is 0. The number of hydrogen-bond acceptors (Lipinski definition) is 3. The summed E-state index contributed by atoms with van der Waals surface area (Å²) in [5.41, 5.74) is 1.82. The average Bonchev–Trinajstić information content (AvgIpc) is 2.53. The molecule has 0 fully saturated rings. The van der Waals surface area contributed by atoms with Crippen LogP contribution >= 0.6 is 11.6 Å². The molecule has 0 aliphatic heterocycles. The summed E-state index contributed by atoms with van der Waals surface area (Å²) in [6, 6.07) is 0. The Hall–Kier alpha value is -0.580. The van der Waals surface area contributed by atoms with E-state index in [0.29, 0.717) is 18.0 Å². The Morgan fingerprint density at radius 1 is 1.47 bits per heavy atom. The number of rotatable bonds is 6. The minimum Gasteiger partial charge on any atom is -0.393 e. The van der Waals surface area contributed by atoms with Crippen molar-refractivity contribution in [3.63, 3.8) is 0 Å². The number of methoxy groups -OCH3 is 1. The molecule has 0 bridgehead atoms. The molecule has 98 valence electrons. The summed E-state index contributed by atoms with van der Waals surface area (Å²) in [7, 11) is 3.48. The Morgan fingerprint density at radius 2 is 2.12 bits per heavy atom. The van der Waals surface area contributed by atoms with E-state index in [0.717, 1.165) is 17.7 Å². The van der Waals surface area contributed by atoms with Crippen LogP contribution in [0.5, 0.6) is 0 Å². The molecule has 0 aliphatic rings. The van der Waals surface area contributed by atoms with E-state index >= 15 is 0 Å². The van der Waals surface area contributed by atoms with Gasteiger partial charge >= 0.3 is 0 Å². The number of ether oxygens (including phenoxy) is 1. The first kappa shape index (κ1) is 14.5. The Labute approximate surface area is 108 Å². The number of aliphatic hydroxyl groups excluding tert-OH is 1. The quantitative estimate of drug-likeness (QED) is 0.852. The Bertz CT molecular complexity index is 366. The van der Waals surface area contributed by atoms with Crippen molar-refractivity contribution < 1.29 is 9.84 Å². The highest BCUT2D eigenvalue weighted by Gasteiger charge is 2.16. The lowest BCUT2D eigenvalue weighted by Gasteiger charge is -2.13. The van der Waals surface area contributed by atoms with Crippen LogP contribution in [-0.4, -0.2) is 34.2 Å². The van der Waals surface area contributed by atoms with Crippen LogP contribution < -0.4 is 0 Å². The van der Waals surface area contributed by atoms with Crippen molar-refractivity contribution in [1.29, 1.82) is 0 Å². The van der Waals surface area contributed by atoms with Gasteiger partial charge in [-0.1, -0.05) is 11.6 Å². The number of hydrogen-bond donors (Lipinski definition) is 1. The molecule has 0 spiro atoms. The van der Waals surface area contributed by atoms with Gasteiger partial charge in [-0.2, -0.15) is 5.10 Å². The van der Waals surface area contributed by atoms with Crippen molar-refractivity contribution in [1.82, 2.24) is 9.78 Å². The van der Waals surface area contributed by atoms with Gasteiger partial charge in [0.05, 0.1) is 17.9 Å². The Kier molecular flexibility index (Phi) is 5.43. The third kappa shape index (κ3) is 3.98. The summed E-state index contributed by atoms with van der Waals surface area (Å²) in [5.74, 6) is 0. The average molecular weight is 261 g/mol. The number of aliphatic hydroxyl groups is 1. The van der Waals surface area contributed by atoms with E-state index in [4.69, 9.17) is 16.3 Å². The van der Waals surface area contributed by atoms with Crippen LogP contribution in [0.1, 0.15) is 31.0 Å². The molecule has 1 aromatic heterocycles. The first-order valence-electron chi connectivity index (χ1n) is 5.84. The van der Waals surface area contributed by atoms with Crippen LogP contribution in [0, 0.1) is 6.92 Å². The van der Waals surface area contributed by atoms with Crippen molar-refractivity contribution in [2.75, 3.05) is 7.11 Å². The van der Waals surface area contributed by atoms with Gasteiger partial charge in [-0.05, 0) is 26.7 Å². The van der Waals surface area contributed by atoms with Crippen molar-refractivity contribution in [2.45, 2.75) is 45.3 Å². The highest BCUT2D eigenvalue weighted by Crippen LogP contribution is 2.21. The summed E-state index contributed by atoms with van der Waals surface area (Å²) < 4.78 is 6.78. The zero-order valence-corrected chi connectivity index (χ0v) is 11.7. The lowest BCUT2D eigenvalue weighted by atomic mass is 10.0. The molecule has 17 heavy (non-hydrogen) atoms. The first-order valence-corrected chi connectivity index (χ1v) is 6.22. The Balaban J connectivity index is 2.53. The van der Waals surface area contributed by atoms with Gasteiger partial charge in [0.25, 0.3) is 0 Å². The largest absolute Gasteiger partial charge is 0.393 e. The number of aromatic nitrogens is 2. The molecular weight excluding hydrogens is 240 g/mol. The van der Waals surface area contributed by atoms with Gasteiger partial charge < -0.3 is 9.84 Å². The normalized spacial score (nSPS) is 14.9. The van der Waals surface area contributed by atoms with Gasteiger partial charge in [0.15, 0.2) is 0 Å². The minimum absolute atomic E-state index is 0.176. The van der Waals surface area contributed by atoms with Crippen molar-refractivity contribution in [2.24, 2.45) is 7.05 Å². The molecule has 0 amide bonds. The van der Waals surface area contributed by atoms with E-state index in [2.05, 4.69) is 5.10 Å². The van der Waals surface area contributed by atoms with E-state index in [9.17, 15) is 5.11 Å². The van der Waals surface area contributed by atoms with E-state index in [1.165, 1.54) is 0 Å². The zero-order valence-electron chi connectivity index (χ0n) is 10.9. The molecule has 0 aliphatic carbocycles. The molecule has 0 saturated heterocycles. The number of nitrogens with zero attached hydrogens (tertiary/aromatic N) is 2. The maximum Gasteiger partial charge on any atom is 0.130 e. The molecule has 0 saturated carbocycles. The van der Waals surface area contributed by atoms with Gasteiger partial charge in [-0.3, -0.25) is 4.68 Å². The molecule has 1 heterocycles. The lowest BCUT2D eigenvalue weighted by molar-refractivity contribution is 0.0851. The fourth-order valence-corrected chi connectivity index (χ4v) is 2.04. The number of aryl methyl sites for hydroxylation is 2. The molecule has 5 heteroatoms. The summed E-state index contributed by atoms with van der Waals surface area (Å²) in [6.45, 7) is 3.90. The van der Waals surface area contributed by atoms with Gasteiger partial charge in [-0.25, -0.2) is 0 Å². The zero-order chi connectivity index (χ0) is 13.0. The van der Waals surface area contributed by atoms with Crippen molar-refractivity contribution in [3.8, 4) is 0 Å². The third-order valence-electron chi connectivity index (χ3n) is 3.02. The molecule has 2 atom stereocenters. The second-order valence-corrected chi connectivity index (χ2v) is 4.82. The molecule has 1 N–H and O–H groups in total. The van der Waals surface area contributed by atoms with Crippen molar-refractivity contribution >= 4 is 11.6 Å². The minimum atomic E-state index is -0.395. The predicted octanol–water partition coefficient (Wildman–Crippen LogP) is 2.10. The highest BCUT2D eigenvalue weighted by molar-refractivity contribution is 6.30. The van der Waals surface area contributed by atoms with E-state index in [1.54, 1.807) is 18.8 Å². The highest BCUT2D eigenvalue weighted by atomic mass is 35.5. The second-order valence-electron chi connectivity index (χ2n) is 4.46. The smallest absolute Gasteiger partial charge is 0.130 e. The van der Waals surface area contributed by atoms with Crippen molar-refractivity contribution in [3.05, 3.63) is 16.4 Å². The predicted molar refractivity (Wildman–Crippen MR) is 68.4 cm³/mol. The van der Waals surface area contributed by atoms with Gasteiger partial charge in [0.2, 0.25) is 0 Å².